The number of aryl methyl sites for hydroxylation is 2. The molecule has 0 aliphatic carbocycles. The number of hydrogen-bond acceptors (Lipinski definition) is 5. The van der Waals surface area contributed by atoms with Gasteiger partial charge in [-0.15, -0.1) is 11.3 Å². The molecule has 2 aromatic heterocycles. The zero-order chi connectivity index (χ0) is 21.4. The van der Waals surface area contributed by atoms with Crippen LogP contribution < -0.4 is 16.2 Å². The van der Waals surface area contributed by atoms with E-state index in [4.69, 9.17) is 0 Å². The molecule has 1 aliphatic heterocycles. The second kappa shape index (κ2) is 8.02. The molecule has 0 bridgehead atoms. The Balaban J connectivity index is 1.54. The number of benzene rings is 1. The molecule has 0 radical (unpaired) electrons. The van der Waals surface area contributed by atoms with Gasteiger partial charge in [-0.25, -0.2) is 4.98 Å². The van der Waals surface area contributed by atoms with Crippen LogP contribution in [0.15, 0.2) is 29.1 Å². The average molecular weight is 425 g/mol. The van der Waals surface area contributed by atoms with Crippen LogP contribution in [0.2, 0.25) is 0 Å². The number of fused-ring (bicyclic) bond motifs is 2. The Morgan fingerprint density at radius 2 is 2.00 bits per heavy atom. The fourth-order valence-electron chi connectivity index (χ4n) is 3.74. The summed E-state index contributed by atoms with van der Waals surface area (Å²) in [4.78, 5) is 43.0. The predicted molar refractivity (Wildman–Crippen MR) is 118 cm³/mol. The van der Waals surface area contributed by atoms with Gasteiger partial charge in [-0.05, 0) is 43.5 Å². The second-order valence-electron chi connectivity index (χ2n) is 7.54. The zero-order valence-electron chi connectivity index (χ0n) is 17.2. The van der Waals surface area contributed by atoms with Gasteiger partial charge in [0, 0.05) is 25.1 Å². The Morgan fingerprint density at radius 3 is 2.70 bits per heavy atom. The maximum atomic E-state index is 12.9. The lowest BCUT2D eigenvalue weighted by Gasteiger charge is -2.15. The fraction of sp³-hybridized carbons (Fsp3) is 0.364. The monoisotopic (exact) mass is 424 g/mol. The first-order valence-corrected chi connectivity index (χ1v) is 10.9. The van der Waals surface area contributed by atoms with Crippen LogP contribution in [-0.4, -0.2) is 21.4 Å². The maximum Gasteiger partial charge on any atom is 0.262 e. The third-order valence-corrected chi connectivity index (χ3v) is 6.67. The second-order valence-corrected chi connectivity index (χ2v) is 8.54. The molecule has 1 unspecified atom stereocenters. The Kier molecular flexibility index (Phi) is 5.42. The van der Waals surface area contributed by atoms with Crippen molar-refractivity contribution in [2.45, 2.75) is 52.6 Å². The minimum atomic E-state index is -0.225. The van der Waals surface area contributed by atoms with E-state index in [0.717, 1.165) is 29.9 Å². The highest BCUT2D eigenvalue weighted by atomic mass is 32.1. The number of rotatable bonds is 5. The van der Waals surface area contributed by atoms with E-state index in [0.29, 0.717) is 33.6 Å². The molecule has 0 saturated carbocycles. The van der Waals surface area contributed by atoms with E-state index in [1.54, 1.807) is 11.5 Å². The van der Waals surface area contributed by atoms with Gasteiger partial charge in [-0.1, -0.05) is 19.1 Å². The van der Waals surface area contributed by atoms with Crippen molar-refractivity contribution in [3.63, 3.8) is 0 Å². The molecule has 2 N–H and O–H groups in total. The number of thiophene rings is 1. The molecular weight excluding hydrogens is 400 g/mol. The summed E-state index contributed by atoms with van der Waals surface area (Å²) in [6, 6.07) is 7.18. The first-order chi connectivity index (χ1) is 14.4. The molecule has 0 saturated heterocycles. The summed E-state index contributed by atoms with van der Waals surface area (Å²) in [5.74, 6) is 0.556. The zero-order valence-corrected chi connectivity index (χ0v) is 18.1. The summed E-state index contributed by atoms with van der Waals surface area (Å²) < 4.78 is 1.73. The molecule has 3 heterocycles. The van der Waals surface area contributed by atoms with Crippen molar-refractivity contribution in [3.05, 3.63) is 56.4 Å². The Hall–Kier alpha value is -3.00. The number of nitrogens with one attached hydrogen (secondary N) is 2. The van der Waals surface area contributed by atoms with Gasteiger partial charge in [0.15, 0.2) is 0 Å². The Labute approximate surface area is 178 Å². The van der Waals surface area contributed by atoms with E-state index in [9.17, 15) is 14.4 Å². The number of nitrogens with zero attached hydrogens (tertiary/aromatic N) is 2. The molecule has 0 spiro atoms. The SMILES string of the molecule is CCC(=O)Nc1ccc(C(C)NC(=O)c2sc3nc4n(c(=O)c3c2C)CCC4)cc1. The third kappa shape index (κ3) is 3.63. The molecule has 156 valence electrons. The summed E-state index contributed by atoms with van der Waals surface area (Å²) in [6.07, 6.45) is 2.16. The molecule has 3 aromatic rings. The molecule has 1 aliphatic rings. The smallest absolute Gasteiger partial charge is 0.262 e. The van der Waals surface area contributed by atoms with E-state index in [1.807, 2.05) is 38.1 Å². The molecule has 0 fully saturated rings. The molecule has 1 atom stereocenters. The van der Waals surface area contributed by atoms with E-state index in [2.05, 4.69) is 15.6 Å². The normalized spacial score (nSPS) is 13.8. The summed E-state index contributed by atoms with van der Waals surface area (Å²) in [6.45, 7) is 6.21. The molecular formula is C22H24N4O3S. The summed E-state index contributed by atoms with van der Waals surface area (Å²) in [7, 11) is 0. The molecule has 2 amide bonds. The van der Waals surface area contributed by atoms with Crippen molar-refractivity contribution in [2.75, 3.05) is 5.32 Å². The largest absolute Gasteiger partial charge is 0.345 e. The van der Waals surface area contributed by atoms with Gasteiger partial charge < -0.3 is 10.6 Å². The van der Waals surface area contributed by atoms with Crippen LogP contribution in [0.5, 0.6) is 0 Å². The minimum absolute atomic E-state index is 0.0418. The highest BCUT2D eigenvalue weighted by Crippen LogP contribution is 2.29. The van der Waals surface area contributed by atoms with Crippen LogP contribution in [0.1, 0.15) is 59.4 Å². The number of carbonyl (C=O) groups excluding carboxylic acids is 2. The van der Waals surface area contributed by atoms with Crippen LogP contribution in [0.4, 0.5) is 5.69 Å². The first-order valence-electron chi connectivity index (χ1n) is 10.1. The van der Waals surface area contributed by atoms with Gasteiger partial charge in [0.2, 0.25) is 5.91 Å². The quantitative estimate of drug-likeness (QED) is 0.655. The van der Waals surface area contributed by atoms with Gasteiger partial charge in [0.05, 0.1) is 16.3 Å². The van der Waals surface area contributed by atoms with Crippen molar-refractivity contribution in [1.29, 1.82) is 0 Å². The van der Waals surface area contributed by atoms with E-state index in [1.165, 1.54) is 11.3 Å². The topological polar surface area (TPSA) is 93.1 Å². The molecule has 7 nitrogen and oxygen atoms in total. The Bertz CT molecular complexity index is 1190. The van der Waals surface area contributed by atoms with Crippen LogP contribution in [0.3, 0.4) is 0 Å². The van der Waals surface area contributed by atoms with E-state index >= 15 is 0 Å². The van der Waals surface area contributed by atoms with Gasteiger partial charge >= 0.3 is 0 Å². The summed E-state index contributed by atoms with van der Waals surface area (Å²) in [5, 5.41) is 6.37. The van der Waals surface area contributed by atoms with Gasteiger partial charge in [0.1, 0.15) is 10.7 Å². The maximum absolute atomic E-state index is 12.9. The van der Waals surface area contributed by atoms with Crippen LogP contribution in [0.25, 0.3) is 10.2 Å². The van der Waals surface area contributed by atoms with Crippen molar-refractivity contribution in [3.8, 4) is 0 Å². The van der Waals surface area contributed by atoms with Gasteiger partial charge in [-0.3, -0.25) is 19.0 Å². The summed E-state index contributed by atoms with van der Waals surface area (Å²) in [5.41, 5.74) is 2.30. The lowest BCUT2D eigenvalue weighted by atomic mass is 10.1. The predicted octanol–water partition coefficient (Wildman–Crippen LogP) is 3.55. The fourth-order valence-corrected chi connectivity index (χ4v) is 4.84. The lowest BCUT2D eigenvalue weighted by molar-refractivity contribution is -0.115. The van der Waals surface area contributed by atoms with Crippen molar-refractivity contribution in [2.24, 2.45) is 0 Å². The van der Waals surface area contributed by atoms with Gasteiger partial charge in [0.25, 0.3) is 11.5 Å². The van der Waals surface area contributed by atoms with Crippen LogP contribution in [-0.2, 0) is 17.8 Å². The van der Waals surface area contributed by atoms with E-state index in [-0.39, 0.29) is 23.4 Å². The standard InChI is InChI=1S/C22H24N4O3S/c1-4-17(27)24-15-9-7-14(8-10-15)13(3)23-20(28)19-12(2)18-21(30-19)25-16-6-5-11-26(16)22(18)29/h7-10,13H,4-6,11H2,1-3H3,(H,23,28)(H,24,27). The molecule has 1 aromatic carbocycles. The molecule has 30 heavy (non-hydrogen) atoms. The van der Waals surface area contributed by atoms with Crippen LogP contribution >= 0.6 is 11.3 Å². The van der Waals surface area contributed by atoms with Crippen LogP contribution in [0, 0.1) is 6.92 Å². The Morgan fingerprint density at radius 1 is 1.27 bits per heavy atom. The lowest BCUT2D eigenvalue weighted by Crippen LogP contribution is -2.26. The number of amides is 2. The van der Waals surface area contributed by atoms with Crippen molar-refractivity contribution < 1.29 is 9.59 Å². The highest BCUT2D eigenvalue weighted by molar-refractivity contribution is 7.20. The van der Waals surface area contributed by atoms with Gasteiger partial charge in [-0.2, -0.15) is 0 Å². The molecule has 4 rings (SSSR count). The first kappa shape index (κ1) is 20.3. The number of hydrogen-bond donors (Lipinski definition) is 2. The number of carbonyl (C=O) groups is 2. The number of aromatic nitrogens is 2. The van der Waals surface area contributed by atoms with E-state index < -0.39 is 0 Å². The molecule has 8 heteroatoms. The third-order valence-electron chi connectivity index (χ3n) is 5.48. The minimum Gasteiger partial charge on any atom is -0.345 e. The van der Waals surface area contributed by atoms with Crippen molar-refractivity contribution >= 4 is 39.1 Å². The number of anilines is 1. The highest BCUT2D eigenvalue weighted by Gasteiger charge is 2.24. The average Bonchev–Trinajstić information content (AvgIpc) is 3.33. The summed E-state index contributed by atoms with van der Waals surface area (Å²) >= 11 is 1.28. The van der Waals surface area contributed by atoms with Crippen molar-refractivity contribution in [1.82, 2.24) is 14.9 Å².